The van der Waals surface area contributed by atoms with Crippen LogP contribution >= 0.6 is 0 Å². The Bertz CT molecular complexity index is 577. The second-order valence-corrected chi connectivity index (χ2v) is 4.81. The quantitative estimate of drug-likeness (QED) is 0.917. The van der Waals surface area contributed by atoms with Crippen LogP contribution in [0.15, 0.2) is 28.7 Å². The first-order valence-electron chi connectivity index (χ1n) is 6.35. The Hall–Kier alpha value is -1.53. The predicted molar refractivity (Wildman–Crippen MR) is 71.1 cm³/mol. The number of hydrogen-bond acceptors (Lipinski definition) is 3. The molecule has 1 aromatic carbocycles. The van der Waals surface area contributed by atoms with Gasteiger partial charge >= 0.3 is 6.18 Å². The van der Waals surface area contributed by atoms with E-state index in [1.165, 1.54) is 0 Å². The van der Waals surface area contributed by atoms with Crippen LogP contribution in [0.25, 0.3) is 11.0 Å². The van der Waals surface area contributed by atoms with Gasteiger partial charge < -0.3 is 15.1 Å². The highest BCUT2D eigenvalue weighted by atomic mass is 19.4. The number of benzene rings is 1. The molecule has 0 aliphatic carbocycles. The summed E-state index contributed by atoms with van der Waals surface area (Å²) in [7, 11) is 1.66. The third-order valence-corrected chi connectivity index (χ3v) is 3.17. The van der Waals surface area contributed by atoms with Gasteiger partial charge in [0.2, 0.25) is 0 Å². The van der Waals surface area contributed by atoms with Crippen LogP contribution in [0.4, 0.5) is 13.2 Å². The number of hydrogen-bond donors (Lipinski definition) is 1. The fourth-order valence-corrected chi connectivity index (χ4v) is 2.15. The van der Waals surface area contributed by atoms with Crippen LogP contribution < -0.4 is 5.73 Å². The van der Waals surface area contributed by atoms with Gasteiger partial charge in [-0.2, -0.15) is 13.2 Å². The lowest BCUT2D eigenvalue weighted by molar-refractivity contribution is -0.137. The second kappa shape index (κ2) is 5.85. The molecule has 2 N–H and O–H groups in total. The van der Waals surface area contributed by atoms with E-state index in [1.54, 1.807) is 11.9 Å². The van der Waals surface area contributed by atoms with Crippen molar-refractivity contribution >= 4 is 11.0 Å². The summed E-state index contributed by atoms with van der Waals surface area (Å²) in [4.78, 5) is 1.63. The van der Waals surface area contributed by atoms with Crippen LogP contribution in [-0.4, -0.2) is 24.7 Å². The molecule has 1 heterocycles. The van der Waals surface area contributed by atoms with Crippen molar-refractivity contribution in [2.75, 3.05) is 13.6 Å². The third kappa shape index (κ3) is 3.52. The third-order valence-electron chi connectivity index (χ3n) is 3.17. The predicted octanol–water partition coefficient (Wildman–Crippen LogP) is 3.28. The summed E-state index contributed by atoms with van der Waals surface area (Å²) >= 11 is 0. The molecule has 0 bridgehead atoms. The van der Waals surface area contributed by atoms with Gasteiger partial charge in [0.05, 0.1) is 13.0 Å². The van der Waals surface area contributed by atoms with Crippen LogP contribution in [-0.2, 0) is 13.1 Å². The number of para-hydroxylation sites is 1. The summed E-state index contributed by atoms with van der Waals surface area (Å²) in [5.41, 5.74) is 7.22. The van der Waals surface area contributed by atoms with Gasteiger partial charge in [0.15, 0.2) is 0 Å². The maximum atomic E-state index is 12.2. The molecule has 0 aliphatic heterocycles. The SMILES string of the molecule is CN(CCC(F)(F)F)Cc1c(CN)oc2ccccc12. The smallest absolute Gasteiger partial charge is 0.390 e. The normalized spacial score (nSPS) is 12.5. The highest BCUT2D eigenvalue weighted by molar-refractivity contribution is 5.82. The molecule has 2 aromatic rings. The van der Waals surface area contributed by atoms with E-state index in [0.717, 1.165) is 10.9 Å². The molecule has 2 rings (SSSR count). The van der Waals surface area contributed by atoms with Gasteiger partial charge in [-0.25, -0.2) is 0 Å². The molecule has 110 valence electrons. The summed E-state index contributed by atoms with van der Waals surface area (Å²) in [6.07, 6.45) is -4.96. The van der Waals surface area contributed by atoms with Crippen molar-refractivity contribution in [1.29, 1.82) is 0 Å². The topological polar surface area (TPSA) is 42.4 Å². The molecule has 0 radical (unpaired) electrons. The van der Waals surface area contributed by atoms with E-state index in [-0.39, 0.29) is 13.1 Å². The van der Waals surface area contributed by atoms with Crippen molar-refractivity contribution in [2.45, 2.75) is 25.7 Å². The molecule has 0 saturated heterocycles. The molecule has 0 unspecified atom stereocenters. The molecule has 0 aliphatic rings. The van der Waals surface area contributed by atoms with Crippen molar-refractivity contribution < 1.29 is 17.6 Å². The van der Waals surface area contributed by atoms with Crippen LogP contribution in [0.3, 0.4) is 0 Å². The van der Waals surface area contributed by atoms with Crippen LogP contribution in [0.1, 0.15) is 17.7 Å². The number of alkyl halides is 3. The van der Waals surface area contributed by atoms with Gasteiger partial charge in [-0.05, 0) is 13.1 Å². The average Bonchev–Trinajstić information content (AvgIpc) is 2.74. The van der Waals surface area contributed by atoms with E-state index < -0.39 is 12.6 Å². The van der Waals surface area contributed by atoms with E-state index in [4.69, 9.17) is 10.2 Å². The molecule has 0 saturated carbocycles. The van der Waals surface area contributed by atoms with Crippen molar-refractivity contribution in [1.82, 2.24) is 4.90 Å². The summed E-state index contributed by atoms with van der Waals surface area (Å²) < 4.78 is 42.3. The van der Waals surface area contributed by atoms with Crippen LogP contribution in [0.5, 0.6) is 0 Å². The van der Waals surface area contributed by atoms with Gasteiger partial charge in [-0.1, -0.05) is 18.2 Å². The van der Waals surface area contributed by atoms with Gasteiger partial charge in [0.25, 0.3) is 0 Å². The molecule has 0 fully saturated rings. The number of nitrogens with two attached hydrogens (primary N) is 1. The van der Waals surface area contributed by atoms with E-state index in [9.17, 15) is 13.2 Å². The summed E-state index contributed by atoms with van der Waals surface area (Å²) in [6.45, 7) is 0.573. The minimum absolute atomic E-state index is 0.0486. The Balaban J connectivity index is 2.16. The highest BCUT2D eigenvalue weighted by Gasteiger charge is 2.27. The number of nitrogens with zero attached hydrogens (tertiary/aromatic N) is 1. The molecule has 1 aromatic heterocycles. The van der Waals surface area contributed by atoms with Crippen LogP contribution in [0.2, 0.25) is 0 Å². The van der Waals surface area contributed by atoms with Crippen molar-refractivity contribution in [2.24, 2.45) is 5.73 Å². The van der Waals surface area contributed by atoms with E-state index in [1.807, 2.05) is 24.3 Å². The van der Waals surface area contributed by atoms with E-state index in [0.29, 0.717) is 17.9 Å². The Morgan fingerprint density at radius 2 is 1.95 bits per heavy atom. The van der Waals surface area contributed by atoms with Crippen molar-refractivity contribution in [3.05, 3.63) is 35.6 Å². The molecule has 6 heteroatoms. The summed E-state index contributed by atoms with van der Waals surface area (Å²) in [6, 6.07) is 7.44. The maximum Gasteiger partial charge on any atom is 0.390 e. The summed E-state index contributed by atoms with van der Waals surface area (Å²) in [5, 5.41) is 0.909. The maximum absolute atomic E-state index is 12.2. The van der Waals surface area contributed by atoms with E-state index >= 15 is 0 Å². The first kappa shape index (κ1) is 14.9. The molecule has 3 nitrogen and oxygen atoms in total. The zero-order valence-corrected chi connectivity index (χ0v) is 11.2. The molecule has 0 atom stereocenters. The van der Waals surface area contributed by atoms with Crippen molar-refractivity contribution in [3.8, 4) is 0 Å². The first-order chi connectivity index (χ1) is 9.40. The highest BCUT2D eigenvalue weighted by Crippen LogP contribution is 2.27. The fraction of sp³-hybridized carbons (Fsp3) is 0.429. The standard InChI is InChI=1S/C14H17F3N2O/c1-19(7-6-14(15,16)17)9-11-10-4-2-3-5-12(10)20-13(11)8-18/h2-5H,6-9,18H2,1H3. The van der Waals surface area contributed by atoms with Gasteiger partial charge in [-0.15, -0.1) is 0 Å². The Morgan fingerprint density at radius 3 is 2.60 bits per heavy atom. The molecular formula is C14H17F3N2O. The zero-order valence-electron chi connectivity index (χ0n) is 11.2. The number of halogens is 3. The molecule has 0 spiro atoms. The lowest BCUT2D eigenvalue weighted by Gasteiger charge is -2.17. The summed E-state index contributed by atoms with van der Waals surface area (Å²) in [5.74, 6) is 0.630. The molecule has 0 amide bonds. The second-order valence-electron chi connectivity index (χ2n) is 4.81. The Labute approximate surface area is 115 Å². The minimum Gasteiger partial charge on any atom is -0.459 e. The zero-order chi connectivity index (χ0) is 14.8. The number of furan rings is 1. The fourth-order valence-electron chi connectivity index (χ4n) is 2.15. The average molecular weight is 286 g/mol. The Kier molecular flexibility index (Phi) is 4.35. The van der Waals surface area contributed by atoms with E-state index in [2.05, 4.69) is 0 Å². The lowest BCUT2D eigenvalue weighted by Crippen LogP contribution is -2.24. The molecular weight excluding hydrogens is 269 g/mol. The monoisotopic (exact) mass is 286 g/mol. The van der Waals surface area contributed by atoms with Gasteiger partial charge in [0, 0.05) is 24.0 Å². The van der Waals surface area contributed by atoms with Crippen LogP contribution in [0, 0.1) is 0 Å². The lowest BCUT2D eigenvalue weighted by atomic mass is 10.1. The number of rotatable bonds is 5. The largest absolute Gasteiger partial charge is 0.459 e. The molecule has 20 heavy (non-hydrogen) atoms. The minimum atomic E-state index is -4.14. The van der Waals surface area contributed by atoms with Gasteiger partial charge in [-0.3, -0.25) is 0 Å². The first-order valence-corrected chi connectivity index (χ1v) is 6.35. The van der Waals surface area contributed by atoms with Crippen molar-refractivity contribution in [3.63, 3.8) is 0 Å². The van der Waals surface area contributed by atoms with Gasteiger partial charge in [0.1, 0.15) is 11.3 Å². The number of fused-ring (bicyclic) bond motifs is 1. The Morgan fingerprint density at radius 1 is 1.25 bits per heavy atom.